The Morgan fingerprint density at radius 1 is 1.38 bits per heavy atom. The summed E-state index contributed by atoms with van der Waals surface area (Å²) in [4.78, 5) is 0. The predicted molar refractivity (Wildman–Crippen MR) is 59.8 cm³/mol. The minimum atomic E-state index is -0.226. The topological polar surface area (TPSA) is 29.5 Å². The van der Waals surface area contributed by atoms with Crippen molar-refractivity contribution in [3.05, 3.63) is 35.6 Å². The van der Waals surface area contributed by atoms with Crippen molar-refractivity contribution in [3.8, 4) is 0 Å². The number of aliphatic hydroxyl groups excluding tert-OH is 1. The average Bonchev–Trinajstić information content (AvgIpc) is 2.25. The molecular weight excluding hydrogens is 207 g/mol. The minimum absolute atomic E-state index is 0.114. The van der Waals surface area contributed by atoms with E-state index in [2.05, 4.69) is 6.92 Å². The molecule has 2 nitrogen and oxygen atoms in total. The number of halogens is 1. The fourth-order valence-electron chi connectivity index (χ4n) is 2.44. The molecule has 1 heterocycles. The summed E-state index contributed by atoms with van der Waals surface area (Å²) < 4.78 is 18.2. The highest BCUT2D eigenvalue weighted by Gasteiger charge is 2.45. The number of benzene rings is 1. The SMILES string of the molecule is CCC(CO)C1(c2ccc(F)cc2)COC1. The molecule has 0 aliphatic carbocycles. The monoisotopic (exact) mass is 224 g/mol. The van der Waals surface area contributed by atoms with E-state index in [9.17, 15) is 9.50 Å². The Bertz CT molecular complexity index is 339. The standard InChI is InChI=1S/C13H17FO2/c1-2-10(7-15)13(8-16-9-13)11-3-5-12(14)6-4-11/h3-6,10,15H,2,7-9H2,1H3. The molecule has 1 aliphatic heterocycles. The summed E-state index contributed by atoms with van der Waals surface area (Å²) in [6, 6.07) is 6.55. The Balaban J connectivity index is 2.30. The van der Waals surface area contributed by atoms with E-state index in [4.69, 9.17) is 4.74 Å². The molecule has 0 spiro atoms. The maximum Gasteiger partial charge on any atom is 0.123 e. The van der Waals surface area contributed by atoms with Crippen LogP contribution in [0.3, 0.4) is 0 Å². The van der Waals surface area contributed by atoms with Gasteiger partial charge in [-0.2, -0.15) is 0 Å². The molecule has 1 aromatic rings. The number of hydrogen-bond donors (Lipinski definition) is 1. The Kier molecular flexibility index (Phi) is 3.26. The summed E-state index contributed by atoms with van der Waals surface area (Å²) in [5, 5.41) is 9.41. The lowest BCUT2D eigenvalue weighted by Gasteiger charge is -2.47. The van der Waals surface area contributed by atoms with Gasteiger partial charge in [0.05, 0.1) is 13.2 Å². The van der Waals surface area contributed by atoms with Crippen LogP contribution in [-0.2, 0) is 10.2 Å². The summed E-state index contributed by atoms with van der Waals surface area (Å²) in [5.74, 6) is -0.0390. The van der Waals surface area contributed by atoms with E-state index in [1.54, 1.807) is 12.1 Å². The maximum atomic E-state index is 12.9. The number of rotatable bonds is 4. The number of aliphatic hydroxyl groups is 1. The molecule has 0 saturated carbocycles. The molecule has 1 atom stereocenters. The Labute approximate surface area is 95.1 Å². The van der Waals surface area contributed by atoms with Crippen molar-refractivity contribution in [2.45, 2.75) is 18.8 Å². The maximum absolute atomic E-state index is 12.9. The van der Waals surface area contributed by atoms with Crippen LogP contribution in [0.4, 0.5) is 4.39 Å². The third-order valence-electron chi connectivity index (χ3n) is 3.63. The zero-order chi connectivity index (χ0) is 11.6. The Morgan fingerprint density at radius 2 is 2.00 bits per heavy atom. The predicted octanol–water partition coefficient (Wildman–Crippen LogP) is 2.11. The first kappa shape index (κ1) is 11.6. The molecule has 1 unspecified atom stereocenters. The minimum Gasteiger partial charge on any atom is -0.396 e. The molecule has 88 valence electrons. The first-order valence-corrected chi connectivity index (χ1v) is 5.67. The second kappa shape index (κ2) is 4.52. The molecule has 0 aromatic heterocycles. The molecule has 0 bridgehead atoms. The van der Waals surface area contributed by atoms with Crippen LogP contribution in [0.15, 0.2) is 24.3 Å². The van der Waals surface area contributed by atoms with Gasteiger partial charge in [-0.05, 0) is 23.6 Å². The second-order valence-corrected chi connectivity index (χ2v) is 4.44. The van der Waals surface area contributed by atoms with Crippen LogP contribution in [0.1, 0.15) is 18.9 Å². The molecule has 0 radical (unpaired) electrons. The van der Waals surface area contributed by atoms with Crippen LogP contribution in [0, 0.1) is 11.7 Å². The van der Waals surface area contributed by atoms with Crippen molar-refractivity contribution < 1.29 is 14.2 Å². The third kappa shape index (κ3) is 1.74. The van der Waals surface area contributed by atoms with Gasteiger partial charge < -0.3 is 9.84 Å². The highest BCUT2D eigenvalue weighted by molar-refractivity contribution is 5.29. The third-order valence-corrected chi connectivity index (χ3v) is 3.63. The van der Waals surface area contributed by atoms with Gasteiger partial charge in [-0.25, -0.2) is 4.39 Å². The van der Waals surface area contributed by atoms with Crippen LogP contribution in [0.2, 0.25) is 0 Å². The van der Waals surface area contributed by atoms with E-state index < -0.39 is 0 Å². The van der Waals surface area contributed by atoms with Gasteiger partial charge in [-0.1, -0.05) is 25.5 Å². The number of hydrogen-bond acceptors (Lipinski definition) is 2. The molecule has 2 rings (SSSR count). The molecule has 1 saturated heterocycles. The molecule has 1 fully saturated rings. The lowest BCUT2D eigenvalue weighted by molar-refractivity contribution is -0.101. The molecular formula is C13H17FO2. The van der Waals surface area contributed by atoms with Gasteiger partial charge in [-0.3, -0.25) is 0 Å². The van der Waals surface area contributed by atoms with Gasteiger partial charge in [0.1, 0.15) is 5.82 Å². The Morgan fingerprint density at radius 3 is 2.38 bits per heavy atom. The van der Waals surface area contributed by atoms with Crippen molar-refractivity contribution in [2.75, 3.05) is 19.8 Å². The zero-order valence-electron chi connectivity index (χ0n) is 9.45. The van der Waals surface area contributed by atoms with Crippen molar-refractivity contribution >= 4 is 0 Å². The van der Waals surface area contributed by atoms with Crippen LogP contribution in [0.5, 0.6) is 0 Å². The van der Waals surface area contributed by atoms with Crippen molar-refractivity contribution in [1.82, 2.24) is 0 Å². The van der Waals surface area contributed by atoms with Crippen LogP contribution >= 0.6 is 0 Å². The summed E-state index contributed by atoms with van der Waals surface area (Å²) in [5.41, 5.74) is 0.957. The van der Waals surface area contributed by atoms with Crippen molar-refractivity contribution in [1.29, 1.82) is 0 Å². The van der Waals surface area contributed by atoms with Crippen LogP contribution in [0.25, 0.3) is 0 Å². The van der Waals surface area contributed by atoms with Crippen LogP contribution < -0.4 is 0 Å². The molecule has 1 N–H and O–H groups in total. The van der Waals surface area contributed by atoms with E-state index in [0.717, 1.165) is 12.0 Å². The normalized spacial score (nSPS) is 20.2. The van der Waals surface area contributed by atoms with Gasteiger partial charge in [0.15, 0.2) is 0 Å². The molecule has 0 amide bonds. The van der Waals surface area contributed by atoms with Gasteiger partial charge in [0.2, 0.25) is 0 Å². The zero-order valence-corrected chi connectivity index (χ0v) is 9.45. The van der Waals surface area contributed by atoms with Gasteiger partial charge in [-0.15, -0.1) is 0 Å². The second-order valence-electron chi connectivity index (χ2n) is 4.44. The van der Waals surface area contributed by atoms with E-state index in [1.165, 1.54) is 12.1 Å². The Hall–Kier alpha value is -0.930. The fraction of sp³-hybridized carbons (Fsp3) is 0.538. The molecule has 3 heteroatoms. The van der Waals surface area contributed by atoms with Crippen LogP contribution in [-0.4, -0.2) is 24.9 Å². The summed E-state index contributed by atoms with van der Waals surface area (Å²) in [6.45, 7) is 3.46. The highest BCUT2D eigenvalue weighted by atomic mass is 19.1. The smallest absolute Gasteiger partial charge is 0.123 e. The van der Waals surface area contributed by atoms with Gasteiger partial charge in [0.25, 0.3) is 0 Å². The van der Waals surface area contributed by atoms with Gasteiger partial charge in [0, 0.05) is 12.0 Å². The summed E-state index contributed by atoms with van der Waals surface area (Å²) in [6.07, 6.45) is 0.900. The largest absolute Gasteiger partial charge is 0.396 e. The molecule has 1 aromatic carbocycles. The molecule has 16 heavy (non-hydrogen) atoms. The van der Waals surface area contributed by atoms with Gasteiger partial charge >= 0.3 is 0 Å². The van der Waals surface area contributed by atoms with Crippen molar-refractivity contribution in [2.24, 2.45) is 5.92 Å². The van der Waals surface area contributed by atoms with E-state index in [-0.39, 0.29) is 23.8 Å². The number of ether oxygens (including phenoxy) is 1. The molecule has 1 aliphatic rings. The summed E-state index contributed by atoms with van der Waals surface area (Å²) in [7, 11) is 0. The highest BCUT2D eigenvalue weighted by Crippen LogP contribution is 2.40. The van der Waals surface area contributed by atoms with Crippen molar-refractivity contribution in [3.63, 3.8) is 0 Å². The lowest BCUT2D eigenvalue weighted by Crippen LogP contribution is -2.53. The fourth-order valence-corrected chi connectivity index (χ4v) is 2.44. The first-order valence-electron chi connectivity index (χ1n) is 5.67. The first-order chi connectivity index (χ1) is 7.73. The average molecular weight is 224 g/mol. The van der Waals surface area contributed by atoms with E-state index >= 15 is 0 Å². The van der Waals surface area contributed by atoms with E-state index in [1.807, 2.05) is 0 Å². The van der Waals surface area contributed by atoms with E-state index in [0.29, 0.717) is 13.2 Å². The lowest BCUT2D eigenvalue weighted by atomic mass is 9.68. The quantitative estimate of drug-likeness (QED) is 0.848. The summed E-state index contributed by atoms with van der Waals surface area (Å²) >= 11 is 0.